The molecule has 1 aromatic carbocycles. The highest BCUT2D eigenvalue weighted by Crippen LogP contribution is 2.16. The van der Waals surface area contributed by atoms with Gasteiger partial charge in [-0.3, -0.25) is 9.48 Å². The maximum absolute atomic E-state index is 12.2. The topological polar surface area (TPSA) is 94.8 Å². The number of hydrogen-bond acceptors (Lipinski definition) is 6. The number of aromatic nitrogens is 5. The van der Waals surface area contributed by atoms with Crippen LogP contribution in [0, 0.1) is 13.8 Å². The highest BCUT2D eigenvalue weighted by atomic mass is 16.5. The minimum atomic E-state index is -0.342. The molecule has 3 rings (SSSR count). The van der Waals surface area contributed by atoms with Crippen molar-refractivity contribution >= 4 is 16.9 Å². The van der Waals surface area contributed by atoms with Gasteiger partial charge in [-0.2, -0.15) is 5.10 Å². The molecule has 0 atom stereocenters. The summed E-state index contributed by atoms with van der Waals surface area (Å²) in [5, 5.41) is 15.1. The lowest BCUT2D eigenvalue weighted by Gasteiger charge is -2.06. The standard InChI is InChI=1S/C17H20N6O2/c1-11-9-12(2)23(22-11)8-4-7-18-17(24)16-19-15-10-13(25-3)5-6-14(15)20-21-16/h5-6,9-10H,4,7-8H2,1-3H3,(H,18,24). The molecule has 0 fully saturated rings. The minimum absolute atomic E-state index is 0.0480. The number of carbonyl (C=O) groups is 1. The molecular formula is C17H20N6O2. The van der Waals surface area contributed by atoms with Crippen LogP contribution >= 0.6 is 0 Å². The normalized spacial score (nSPS) is 10.8. The molecule has 8 heteroatoms. The molecule has 1 amide bonds. The summed E-state index contributed by atoms with van der Waals surface area (Å²) in [5.41, 5.74) is 3.29. The van der Waals surface area contributed by atoms with Crippen LogP contribution < -0.4 is 10.1 Å². The largest absolute Gasteiger partial charge is 0.497 e. The number of carbonyl (C=O) groups excluding carboxylic acids is 1. The summed E-state index contributed by atoms with van der Waals surface area (Å²) in [5.74, 6) is 0.363. The van der Waals surface area contributed by atoms with Gasteiger partial charge in [-0.1, -0.05) is 0 Å². The van der Waals surface area contributed by atoms with Crippen molar-refractivity contribution in [3.8, 4) is 5.75 Å². The van der Waals surface area contributed by atoms with Gasteiger partial charge < -0.3 is 10.1 Å². The smallest absolute Gasteiger partial charge is 0.291 e. The molecule has 1 N–H and O–H groups in total. The van der Waals surface area contributed by atoms with Crippen LogP contribution in [-0.2, 0) is 6.54 Å². The Labute approximate surface area is 145 Å². The van der Waals surface area contributed by atoms with E-state index in [0.29, 0.717) is 23.3 Å². The summed E-state index contributed by atoms with van der Waals surface area (Å²) >= 11 is 0. The van der Waals surface area contributed by atoms with Gasteiger partial charge in [-0.15, -0.1) is 10.2 Å². The van der Waals surface area contributed by atoms with E-state index in [0.717, 1.165) is 24.4 Å². The van der Waals surface area contributed by atoms with Crippen LogP contribution in [0.2, 0.25) is 0 Å². The van der Waals surface area contributed by atoms with Gasteiger partial charge in [-0.25, -0.2) is 4.98 Å². The molecule has 0 unspecified atom stereocenters. The number of nitrogens with zero attached hydrogens (tertiary/aromatic N) is 5. The first-order chi connectivity index (χ1) is 12.1. The summed E-state index contributed by atoms with van der Waals surface area (Å²) < 4.78 is 7.09. The molecule has 0 saturated carbocycles. The van der Waals surface area contributed by atoms with E-state index in [1.165, 1.54) is 0 Å². The molecule has 0 aliphatic carbocycles. The van der Waals surface area contributed by atoms with Crippen molar-refractivity contribution in [3.63, 3.8) is 0 Å². The van der Waals surface area contributed by atoms with Gasteiger partial charge in [0.15, 0.2) is 0 Å². The fraction of sp³-hybridized carbons (Fsp3) is 0.353. The maximum atomic E-state index is 12.2. The number of methoxy groups -OCH3 is 1. The van der Waals surface area contributed by atoms with Crippen LogP contribution in [-0.4, -0.2) is 44.5 Å². The predicted molar refractivity (Wildman–Crippen MR) is 92.5 cm³/mol. The van der Waals surface area contributed by atoms with Gasteiger partial charge in [0.25, 0.3) is 5.91 Å². The highest BCUT2D eigenvalue weighted by molar-refractivity contribution is 5.91. The summed E-state index contributed by atoms with van der Waals surface area (Å²) in [6, 6.07) is 7.28. The molecule has 25 heavy (non-hydrogen) atoms. The van der Waals surface area contributed by atoms with Crippen molar-refractivity contribution in [2.24, 2.45) is 0 Å². The third-order valence-corrected chi connectivity index (χ3v) is 3.80. The Morgan fingerprint density at radius 3 is 2.76 bits per heavy atom. The zero-order valence-corrected chi connectivity index (χ0v) is 14.5. The lowest BCUT2D eigenvalue weighted by Crippen LogP contribution is -2.27. The van der Waals surface area contributed by atoms with E-state index >= 15 is 0 Å². The molecule has 130 valence electrons. The third-order valence-electron chi connectivity index (χ3n) is 3.80. The molecule has 0 saturated heterocycles. The molecule has 3 aromatic rings. The predicted octanol–water partition coefficient (Wildman–Crippen LogP) is 1.67. The minimum Gasteiger partial charge on any atom is -0.497 e. The number of rotatable bonds is 6. The van der Waals surface area contributed by atoms with Crippen molar-refractivity contribution in [1.29, 1.82) is 0 Å². The third kappa shape index (κ3) is 3.90. The molecule has 0 aliphatic rings. The van der Waals surface area contributed by atoms with Crippen molar-refractivity contribution < 1.29 is 9.53 Å². The van der Waals surface area contributed by atoms with E-state index in [1.807, 2.05) is 24.6 Å². The monoisotopic (exact) mass is 340 g/mol. The van der Waals surface area contributed by atoms with Gasteiger partial charge in [0.2, 0.25) is 5.82 Å². The number of benzene rings is 1. The number of nitrogens with one attached hydrogen (secondary N) is 1. The molecule has 0 bridgehead atoms. The molecular weight excluding hydrogens is 320 g/mol. The van der Waals surface area contributed by atoms with E-state index in [1.54, 1.807) is 25.3 Å². The Bertz CT molecular complexity index is 905. The number of ether oxygens (including phenoxy) is 1. The number of fused-ring (bicyclic) bond motifs is 1. The Morgan fingerprint density at radius 2 is 2.04 bits per heavy atom. The molecule has 0 spiro atoms. The Hall–Kier alpha value is -3.03. The molecule has 8 nitrogen and oxygen atoms in total. The second-order valence-electron chi connectivity index (χ2n) is 5.75. The Kier molecular flexibility index (Phi) is 4.87. The van der Waals surface area contributed by atoms with Crippen LogP contribution in [0.25, 0.3) is 11.0 Å². The van der Waals surface area contributed by atoms with Crippen LogP contribution in [0.15, 0.2) is 24.3 Å². The van der Waals surface area contributed by atoms with Crippen LogP contribution in [0.5, 0.6) is 5.75 Å². The first-order valence-electron chi connectivity index (χ1n) is 8.04. The number of hydrogen-bond donors (Lipinski definition) is 1. The quantitative estimate of drug-likeness (QED) is 0.686. The average molecular weight is 340 g/mol. The van der Waals surface area contributed by atoms with Crippen LogP contribution in [0.3, 0.4) is 0 Å². The summed E-state index contributed by atoms with van der Waals surface area (Å²) in [7, 11) is 1.58. The molecule has 2 heterocycles. The van der Waals surface area contributed by atoms with E-state index in [4.69, 9.17) is 4.74 Å². The van der Waals surface area contributed by atoms with Crippen LogP contribution in [0.4, 0.5) is 0 Å². The zero-order valence-electron chi connectivity index (χ0n) is 14.5. The lowest BCUT2D eigenvalue weighted by atomic mass is 10.3. The van der Waals surface area contributed by atoms with E-state index in [-0.39, 0.29) is 11.7 Å². The van der Waals surface area contributed by atoms with Crippen molar-refractivity contribution in [2.45, 2.75) is 26.8 Å². The summed E-state index contributed by atoms with van der Waals surface area (Å²) in [6.07, 6.45) is 0.766. The fourth-order valence-corrected chi connectivity index (χ4v) is 2.55. The van der Waals surface area contributed by atoms with Gasteiger partial charge in [0.1, 0.15) is 11.3 Å². The van der Waals surface area contributed by atoms with Gasteiger partial charge in [-0.05, 0) is 38.5 Å². The Morgan fingerprint density at radius 1 is 1.20 bits per heavy atom. The van der Waals surface area contributed by atoms with Gasteiger partial charge in [0, 0.05) is 24.8 Å². The second-order valence-corrected chi connectivity index (χ2v) is 5.75. The van der Waals surface area contributed by atoms with E-state index in [9.17, 15) is 4.79 Å². The maximum Gasteiger partial charge on any atom is 0.291 e. The zero-order chi connectivity index (χ0) is 17.8. The second kappa shape index (κ2) is 7.25. The molecule has 0 aliphatic heterocycles. The van der Waals surface area contributed by atoms with Crippen molar-refractivity contribution in [2.75, 3.05) is 13.7 Å². The fourth-order valence-electron chi connectivity index (χ4n) is 2.55. The summed E-state index contributed by atoms with van der Waals surface area (Å²) in [6.45, 7) is 5.23. The average Bonchev–Trinajstić information content (AvgIpc) is 2.94. The van der Waals surface area contributed by atoms with E-state index in [2.05, 4.69) is 25.6 Å². The van der Waals surface area contributed by atoms with Gasteiger partial charge >= 0.3 is 0 Å². The first-order valence-corrected chi connectivity index (χ1v) is 8.04. The highest BCUT2D eigenvalue weighted by Gasteiger charge is 2.11. The summed E-state index contributed by atoms with van der Waals surface area (Å²) in [4.78, 5) is 16.5. The molecule has 2 aromatic heterocycles. The van der Waals surface area contributed by atoms with Crippen molar-refractivity contribution in [1.82, 2.24) is 30.3 Å². The Balaban J connectivity index is 1.59. The first kappa shape index (κ1) is 16.8. The van der Waals surface area contributed by atoms with Crippen molar-refractivity contribution in [3.05, 3.63) is 41.5 Å². The number of amides is 1. The van der Waals surface area contributed by atoms with E-state index < -0.39 is 0 Å². The lowest BCUT2D eigenvalue weighted by molar-refractivity contribution is 0.0941. The SMILES string of the molecule is COc1ccc2nnc(C(=O)NCCCn3nc(C)cc3C)nc2c1. The van der Waals surface area contributed by atoms with Crippen LogP contribution in [0.1, 0.15) is 28.4 Å². The number of aryl methyl sites for hydroxylation is 3. The van der Waals surface area contributed by atoms with Gasteiger partial charge in [0.05, 0.1) is 18.3 Å². The molecule has 0 radical (unpaired) electrons.